The maximum Gasteiger partial charge on any atom is 0.224 e. The van der Waals surface area contributed by atoms with E-state index in [-0.39, 0.29) is 174 Å². The lowest BCUT2D eigenvalue weighted by atomic mass is 9.90. The summed E-state index contributed by atoms with van der Waals surface area (Å²) >= 11 is 6.31. The molecule has 0 unspecified atom stereocenters. The van der Waals surface area contributed by atoms with Gasteiger partial charge in [0.25, 0.3) is 0 Å². The second kappa shape index (κ2) is 57.3. The first-order valence-electron chi connectivity index (χ1n) is 50.3. The first-order chi connectivity index (χ1) is 67.3. The second-order valence-corrected chi connectivity index (χ2v) is 42.3. The number of rotatable bonds is 51. The molecular formula is C111H139N13O12S4. The van der Waals surface area contributed by atoms with Gasteiger partial charge in [0.05, 0.1) is 107 Å². The third-order valence-corrected chi connectivity index (χ3v) is 31.9. The Balaban J connectivity index is 0.000000209. The Morgan fingerprint density at radius 3 is 0.821 bits per heavy atom. The third kappa shape index (κ3) is 34.7. The topological polar surface area (TPSA) is 412 Å². The molecule has 4 aromatic heterocycles. The Morgan fingerprint density at radius 1 is 0.357 bits per heavy atom. The van der Waals surface area contributed by atoms with Crippen LogP contribution in [-0.2, 0) is 109 Å². The first-order valence-corrected chi connectivity index (χ1v) is 53.6. The molecule has 25 nitrogen and oxygen atoms in total. The fourth-order valence-corrected chi connectivity index (χ4v) is 23.7. The van der Waals surface area contributed by atoms with Crippen molar-refractivity contribution in [3.8, 4) is 24.3 Å². The van der Waals surface area contributed by atoms with Gasteiger partial charge in [0.1, 0.15) is 41.6 Å². The van der Waals surface area contributed by atoms with Gasteiger partial charge in [0, 0.05) is 121 Å². The van der Waals surface area contributed by atoms with Gasteiger partial charge in [-0.2, -0.15) is 21.0 Å². The zero-order chi connectivity index (χ0) is 101. The van der Waals surface area contributed by atoms with Crippen molar-refractivity contribution in [2.24, 2.45) is 47.3 Å². The molecule has 4 heterocycles. The van der Waals surface area contributed by atoms with E-state index in [0.717, 1.165) is 196 Å². The van der Waals surface area contributed by atoms with E-state index < -0.39 is 23.7 Å². The number of nitrogens with one attached hydrogen (secondary N) is 5. The Bertz CT molecular complexity index is 5750. The number of aromatic nitrogens is 4. The maximum atomic E-state index is 13.6. The molecule has 4 saturated carbocycles. The summed E-state index contributed by atoms with van der Waals surface area (Å²) in [7, 11) is 1.57. The van der Waals surface area contributed by atoms with Crippen LogP contribution in [-0.4, -0.2) is 121 Å². The molecule has 0 bridgehead atoms. The van der Waals surface area contributed by atoms with Crippen LogP contribution in [0.1, 0.15) is 290 Å². The second-order valence-electron chi connectivity index (χ2n) is 37.9. The molecule has 0 radical (unpaired) electrons. The fourth-order valence-electron chi connectivity index (χ4n) is 19.3. The van der Waals surface area contributed by atoms with E-state index in [1.54, 1.807) is 52.4 Å². The third-order valence-electron chi connectivity index (χ3n) is 27.7. The van der Waals surface area contributed by atoms with Gasteiger partial charge in [0.2, 0.25) is 29.5 Å². The van der Waals surface area contributed by atoms with Crippen LogP contribution in [0.2, 0.25) is 0 Å². The molecule has 29 heteroatoms. The van der Waals surface area contributed by atoms with Crippen molar-refractivity contribution in [2.45, 2.75) is 323 Å². The van der Waals surface area contributed by atoms with Crippen molar-refractivity contribution in [1.82, 2.24) is 46.5 Å². The largest absolute Gasteiger partial charge is 0.359 e. The van der Waals surface area contributed by atoms with Crippen LogP contribution in [0.3, 0.4) is 0 Å². The molecule has 0 aliphatic heterocycles. The van der Waals surface area contributed by atoms with Crippen molar-refractivity contribution in [3.05, 3.63) is 164 Å². The molecular weight excluding hydrogens is 1840 g/mol. The van der Waals surface area contributed by atoms with E-state index in [0.29, 0.717) is 82.0 Å². The monoisotopic (exact) mass is 1970 g/mol. The van der Waals surface area contributed by atoms with Gasteiger partial charge in [-0.1, -0.05) is 143 Å². The number of nitriles is 4. The van der Waals surface area contributed by atoms with Gasteiger partial charge in [-0.05, 0) is 211 Å². The van der Waals surface area contributed by atoms with Crippen molar-refractivity contribution < 1.29 is 57.5 Å². The van der Waals surface area contributed by atoms with Crippen molar-refractivity contribution in [1.29, 1.82) is 21.0 Å². The number of hydrogen-bond donors (Lipinski definition) is 5. The van der Waals surface area contributed by atoms with Crippen LogP contribution in [0.15, 0.2) is 121 Å². The number of benzene rings is 4. The molecule has 8 aromatic rings. The number of ketones is 7. The van der Waals surface area contributed by atoms with Gasteiger partial charge >= 0.3 is 0 Å². The first kappa shape index (κ1) is 112. The van der Waals surface area contributed by atoms with Crippen molar-refractivity contribution in [2.75, 3.05) is 7.05 Å². The minimum Gasteiger partial charge on any atom is -0.359 e. The summed E-state index contributed by atoms with van der Waals surface area (Å²) in [5.74, 6) is -2.69. The highest BCUT2D eigenvalue weighted by atomic mass is 32.1. The molecule has 0 spiro atoms. The lowest BCUT2D eigenvalue weighted by Gasteiger charge is -2.27. The average molecular weight is 1980 g/mol. The number of fused-ring (bicyclic) bond motifs is 4. The molecule has 5 amide bonds. The van der Waals surface area contributed by atoms with Crippen LogP contribution in [0, 0.1) is 92.7 Å². The summed E-state index contributed by atoms with van der Waals surface area (Å²) in [5.41, 5.74) is 8.44. The number of amides is 5. The number of allylic oxidation sites excluding steroid dienone is 4. The van der Waals surface area contributed by atoms with E-state index in [1.165, 1.54) is 29.2 Å². The SMILES string of the molecule is C=C(C#N)C(=O)CC[C@@H](NC(=O)[C@@H](CC(=O)CC)Cc1nc2ccc(CC)cc2s1)C1CCCC1.C=C(C#N)C(=O)CC[C@@H](NC(=O)[C@@H](CC(=O)CCC)Cc1nc2ccc(CC)cc2s1)C1CCCC1.C=C(C#N)C(=O)CC[C@@H](NC(=O)[C@@H](CC(=O)NC)Cc1nc2ccc(CC)cc2s1)C1CCCC1.C=C(C#N)C(=O)CC[C@@H](NC(=O)[C@@H](CC(C)=O)Cc1nc2ccc(CC)cc2s1)C1CCCC1. The molecule has 0 saturated heterocycles. The van der Waals surface area contributed by atoms with Crippen LogP contribution >= 0.6 is 45.3 Å². The summed E-state index contributed by atoms with van der Waals surface area (Å²) in [5, 5.41) is 54.6. The molecule has 8 atom stereocenters. The molecule has 4 fully saturated rings. The number of Topliss-reactive ketones (excluding diaryl/α,β-unsaturated/α-hetero) is 7. The highest BCUT2D eigenvalue weighted by molar-refractivity contribution is 7.19. The Morgan fingerprint density at radius 2 is 0.600 bits per heavy atom. The van der Waals surface area contributed by atoms with Crippen LogP contribution in [0.5, 0.6) is 0 Å². The van der Waals surface area contributed by atoms with E-state index in [2.05, 4.69) is 129 Å². The highest BCUT2D eigenvalue weighted by Crippen LogP contribution is 2.38. The predicted octanol–water partition coefficient (Wildman–Crippen LogP) is 20.7. The number of carbonyl (C=O) groups excluding carboxylic acids is 12. The van der Waals surface area contributed by atoms with E-state index in [4.69, 9.17) is 41.0 Å². The summed E-state index contributed by atoms with van der Waals surface area (Å²) in [4.78, 5) is 171. The molecule has 5 N–H and O–H groups in total. The summed E-state index contributed by atoms with van der Waals surface area (Å²) in [6, 6.07) is 31.5. The number of aryl methyl sites for hydroxylation is 4. The summed E-state index contributed by atoms with van der Waals surface area (Å²) < 4.78 is 4.37. The summed E-state index contributed by atoms with van der Waals surface area (Å²) in [6.07, 6.45) is 27.1. The normalized spacial score (nSPS) is 15.4. The van der Waals surface area contributed by atoms with E-state index >= 15 is 0 Å². The van der Waals surface area contributed by atoms with Crippen LogP contribution < -0.4 is 26.6 Å². The zero-order valence-electron chi connectivity index (χ0n) is 82.9. The number of hydrogen-bond acceptors (Lipinski definition) is 24. The number of thiazole rings is 4. The van der Waals surface area contributed by atoms with Gasteiger partial charge < -0.3 is 31.4 Å². The van der Waals surface area contributed by atoms with E-state index in [1.807, 2.05) is 62.4 Å². The molecule has 12 rings (SSSR count). The Kier molecular flexibility index (Phi) is 45.9. The Hall–Kier alpha value is -11.6. The van der Waals surface area contributed by atoms with Crippen LogP contribution in [0.25, 0.3) is 40.9 Å². The number of carbonyl (C=O) groups is 12. The lowest BCUT2D eigenvalue weighted by molar-refractivity contribution is -0.131. The minimum absolute atomic E-state index is 0.0348. The van der Waals surface area contributed by atoms with Crippen molar-refractivity contribution >= 4 is 156 Å². The standard InChI is InChI=1S/C29H37N3O3S.C28H35N3O3S.C27H34N4O3S.C27H33N3O3S/c1-4-8-23(33)16-22(17-28-31-25-12-11-20(5-2)15-27(25)36-28)29(35)32-24(21-9-6-7-10-21)13-14-26(34)19(3)18-30;1-4-19-10-11-24-26(14-19)35-27(30-24)16-21(15-22(32)5-2)28(34)31-23(20-8-6-7-9-20)12-13-25(33)18(3)17-29;1-4-18-9-10-22-24(13-18)35-26(30-22)15-20(14-25(33)29-3)27(34)31-21(19-7-5-6-8-19)11-12-23(32)17(2)16-28;1-4-19-9-10-23-25(14-19)34-26(29-23)15-21(13-18(3)31)27(33)30-22(20-7-5-6-8-20)11-12-24(32)17(2)16-28/h11-12,15,21-22,24H,3-10,13-14,16-17H2,1-2H3,(H,32,35);10-11,14,20-21,23H,3-9,12-13,15-16H2,1-2H3,(H,31,34);9-10,13,19-21H,2,4-8,11-12,14-15H2,1,3H3,(H,29,33)(H,31,34);9-10,14,20-22H,2,4-8,11-13,15H2,1,3H3,(H,30,33)/t22-,24+;21-,23+;20-,21+;21-,22+/m0000/s1. The van der Waals surface area contributed by atoms with Crippen LogP contribution in [0.4, 0.5) is 0 Å². The number of nitrogens with zero attached hydrogens (tertiary/aromatic N) is 8. The smallest absolute Gasteiger partial charge is 0.224 e. The maximum absolute atomic E-state index is 13.6. The quantitative estimate of drug-likeness (QED) is 0.0175. The highest BCUT2D eigenvalue weighted by Gasteiger charge is 2.37. The van der Waals surface area contributed by atoms with Crippen molar-refractivity contribution in [3.63, 3.8) is 0 Å². The molecule has 4 aromatic carbocycles. The average Bonchev–Trinajstić information content (AvgIpc) is 1.68. The molecule has 4 aliphatic rings. The lowest BCUT2D eigenvalue weighted by Crippen LogP contribution is -2.44. The Labute approximate surface area is 841 Å². The van der Waals surface area contributed by atoms with Gasteiger partial charge in [-0.15, -0.1) is 45.3 Å². The fraction of sp³-hybridized carbons (Fsp3) is 0.532. The summed E-state index contributed by atoms with van der Waals surface area (Å²) in [6.45, 7) is 27.8. The van der Waals surface area contributed by atoms with E-state index in [9.17, 15) is 57.5 Å². The van der Waals surface area contributed by atoms with Gasteiger partial charge in [-0.25, -0.2) is 19.9 Å². The van der Waals surface area contributed by atoms with Gasteiger partial charge in [-0.3, -0.25) is 52.7 Å². The zero-order valence-corrected chi connectivity index (χ0v) is 86.1. The molecule has 744 valence electrons. The molecule has 140 heavy (non-hydrogen) atoms. The predicted molar refractivity (Wildman–Crippen MR) is 555 cm³/mol. The van der Waals surface area contributed by atoms with Gasteiger partial charge in [0.15, 0.2) is 23.1 Å². The minimum atomic E-state index is -0.560. The molecule has 4 aliphatic carbocycles.